The highest BCUT2D eigenvalue weighted by molar-refractivity contribution is 5.95. The van der Waals surface area contributed by atoms with Crippen molar-refractivity contribution < 1.29 is 4.79 Å². The fourth-order valence-electron chi connectivity index (χ4n) is 3.30. The average Bonchev–Trinajstić information content (AvgIpc) is 3.16. The first-order chi connectivity index (χ1) is 14.1. The second-order valence-corrected chi connectivity index (χ2v) is 6.93. The number of nitrogens with zero attached hydrogens (tertiary/aromatic N) is 3. The van der Waals surface area contributed by atoms with Gasteiger partial charge in [-0.3, -0.25) is 4.79 Å². The van der Waals surface area contributed by atoms with Crippen molar-refractivity contribution in [2.24, 2.45) is 0 Å². The zero-order valence-electron chi connectivity index (χ0n) is 16.4. The van der Waals surface area contributed by atoms with Gasteiger partial charge in [-0.15, -0.1) is 0 Å². The summed E-state index contributed by atoms with van der Waals surface area (Å²) in [6.45, 7) is 3.85. The van der Waals surface area contributed by atoms with Crippen LogP contribution in [0.1, 0.15) is 34.6 Å². The van der Waals surface area contributed by atoms with Gasteiger partial charge in [-0.25, -0.2) is 9.67 Å². The van der Waals surface area contributed by atoms with Crippen molar-refractivity contribution in [3.8, 4) is 16.9 Å². The van der Waals surface area contributed by atoms with Crippen molar-refractivity contribution >= 4 is 5.91 Å². The summed E-state index contributed by atoms with van der Waals surface area (Å²) in [6, 6.07) is 24.0. The maximum Gasteiger partial charge on any atom is 0.255 e. The second kappa shape index (κ2) is 8.10. The first-order valence-electron chi connectivity index (χ1n) is 9.56. The van der Waals surface area contributed by atoms with E-state index in [2.05, 4.69) is 51.8 Å². The van der Waals surface area contributed by atoms with Crippen molar-refractivity contribution in [1.29, 1.82) is 0 Å². The molecule has 2 aromatic heterocycles. The molecule has 0 spiro atoms. The van der Waals surface area contributed by atoms with Gasteiger partial charge in [0.05, 0.1) is 23.5 Å². The number of carbonyl (C=O) groups excluding carboxylic acids is 1. The second-order valence-electron chi connectivity index (χ2n) is 6.93. The molecule has 5 heteroatoms. The summed E-state index contributed by atoms with van der Waals surface area (Å²) in [4.78, 5) is 17.1. The van der Waals surface area contributed by atoms with Gasteiger partial charge in [-0.2, -0.15) is 5.10 Å². The number of carbonyl (C=O) groups is 1. The van der Waals surface area contributed by atoms with Gasteiger partial charge in [-0.05, 0) is 42.7 Å². The van der Waals surface area contributed by atoms with E-state index < -0.39 is 0 Å². The molecule has 29 heavy (non-hydrogen) atoms. The first kappa shape index (κ1) is 18.6. The lowest BCUT2D eigenvalue weighted by atomic mass is 10.0. The van der Waals surface area contributed by atoms with E-state index in [0.29, 0.717) is 11.4 Å². The summed E-state index contributed by atoms with van der Waals surface area (Å²) in [6.07, 6.45) is 3.29. The van der Waals surface area contributed by atoms with Crippen LogP contribution in [0.3, 0.4) is 0 Å². The van der Waals surface area contributed by atoms with Crippen molar-refractivity contribution in [2.45, 2.75) is 19.9 Å². The molecule has 0 aliphatic rings. The molecule has 1 N–H and O–H groups in total. The van der Waals surface area contributed by atoms with Crippen LogP contribution in [-0.4, -0.2) is 20.7 Å². The highest BCUT2D eigenvalue weighted by Crippen LogP contribution is 2.22. The van der Waals surface area contributed by atoms with Gasteiger partial charge in [0.25, 0.3) is 5.91 Å². The number of nitrogens with one attached hydrogen (secondary N) is 1. The summed E-state index contributed by atoms with van der Waals surface area (Å²) >= 11 is 0. The van der Waals surface area contributed by atoms with Gasteiger partial charge in [0.15, 0.2) is 5.82 Å². The van der Waals surface area contributed by atoms with E-state index in [9.17, 15) is 4.79 Å². The number of benzene rings is 2. The van der Waals surface area contributed by atoms with E-state index in [1.807, 2.05) is 50.2 Å². The number of amides is 1. The third-order valence-electron chi connectivity index (χ3n) is 4.99. The predicted octanol–water partition coefficient (Wildman–Crippen LogP) is 4.73. The minimum Gasteiger partial charge on any atom is -0.345 e. The molecule has 1 unspecified atom stereocenters. The molecule has 1 atom stereocenters. The maximum atomic E-state index is 12.8. The Labute approximate surface area is 170 Å². The summed E-state index contributed by atoms with van der Waals surface area (Å²) in [5, 5.41) is 7.39. The third-order valence-corrected chi connectivity index (χ3v) is 4.99. The molecule has 2 heterocycles. The largest absolute Gasteiger partial charge is 0.345 e. The normalized spacial score (nSPS) is 11.8. The highest BCUT2D eigenvalue weighted by Gasteiger charge is 2.18. The summed E-state index contributed by atoms with van der Waals surface area (Å²) in [7, 11) is 0. The van der Waals surface area contributed by atoms with Crippen LogP contribution < -0.4 is 5.32 Å². The monoisotopic (exact) mass is 382 g/mol. The molecule has 4 rings (SSSR count). The summed E-state index contributed by atoms with van der Waals surface area (Å²) in [5.41, 5.74) is 4.68. The Bertz CT molecular complexity index is 1100. The van der Waals surface area contributed by atoms with Gasteiger partial charge in [-0.1, -0.05) is 60.7 Å². The molecule has 2 aromatic carbocycles. The zero-order chi connectivity index (χ0) is 20.2. The van der Waals surface area contributed by atoms with E-state index in [-0.39, 0.29) is 11.9 Å². The van der Waals surface area contributed by atoms with Crippen LogP contribution in [0.2, 0.25) is 0 Å². The van der Waals surface area contributed by atoms with Crippen LogP contribution in [0.25, 0.3) is 16.9 Å². The molecule has 1 amide bonds. The van der Waals surface area contributed by atoms with Crippen molar-refractivity contribution in [1.82, 2.24) is 20.1 Å². The molecule has 0 saturated heterocycles. The van der Waals surface area contributed by atoms with Crippen molar-refractivity contribution in [3.05, 3.63) is 102 Å². The summed E-state index contributed by atoms with van der Waals surface area (Å²) in [5.74, 6) is 0.540. The lowest BCUT2D eigenvalue weighted by molar-refractivity contribution is 0.0939. The van der Waals surface area contributed by atoms with Crippen LogP contribution in [0.4, 0.5) is 0 Å². The quantitative estimate of drug-likeness (QED) is 0.543. The van der Waals surface area contributed by atoms with Gasteiger partial charge in [0.2, 0.25) is 0 Å². The van der Waals surface area contributed by atoms with Crippen molar-refractivity contribution in [3.63, 3.8) is 0 Å². The molecule has 0 saturated carbocycles. The molecule has 144 valence electrons. The standard InChI is InChI=1S/C24H22N4O/c1-17(19-11-13-21(14-12-19)20-8-4-3-5-9-20)27-24(29)22-16-26-28(18(22)2)23-10-6-7-15-25-23/h3-17H,1-2H3,(H,27,29). The van der Waals surface area contributed by atoms with Gasteiger partial charge >= 0.3 is 0 Å². The number of pyridine rings is 1. The van der Waals surface area contributed by atoms with Gasteiger partial charge in [0, 0.05) is 6.20 Å². The van der Waals surface area contributed by atoms with E-state index in [1.54, 1.807) is 17.1 Å². The molecular formula is C24H22N4O. The lowest BCUT2D eigenvalue weighted by Gasteiger charge is -2.15. The van der Waals surface area contributed by atoms with Crippen LogP contribution in [0.5, 0.6) is 0 Å². The Kier molecular flexibility index (Phi) is 5.20. The van der Waals surface area contributed by atoms with Crippen LogP contribution >= 0.6 is 0 Å². The smallest absolute Gasteiger partial charge is 0.255 e. The van der Waals surface area contributed by atoms with E-state index in [1.165, 1.54) is 5.56 Å². The average molecular weight is 382 g/mol. The van der Waals surface area contributed by atoms with Crippen LogP contribution in [0, 0.1) is 6.92 Å². The van der Waals surface area contributed by atoms with Crippen molar-refractivity contribution in [2.75, 3.05) is 0 Å². The highest BCUT2D eigenvalue weighted by atomic mass is 16.1. The molecule has 0 fully saturated rings. The molecule has 0 aliphatic carbocycles. The molecule has 4 aromatic rings. The van der Waals surface area contributed by atoms with E-state index in [4.69, 9.17) is 0 Å². The van der Waals surface area contributed by atoms with Gasteiger partial charge in [0.1, 0.15) is 0 Å². The third kappa shape index (κ3) is 3.94. The minimum absolute atomic E-state index is 0.120. The molecule has 0 bridgehead atoms. The molecule has 0 aliphatic heterocycles. The molecule has 5 nitrogen and oxygen atoms in total. The number of hydrogen-bond acceptors (Lipinski definition) is 3. The molecular weight excluding hydrogens is 360 g/mol. The maximum absolute atomic E-state index is 12.8. The Hall–Kier alpha value is -3.73. The Morgan fingerprint density at radius 1 is 0.931 bits per heavy atom. The number of rotatable bonds is 5. The summed E-state index contributed by atoms with van der Waals surface area (Å²) < 4.78 is 1.67. The fraction of sp³-hybridized carbons (Fsp3) is 0.125. The lowest BCUT2D eigenvalue weighted by Crippen LogP contribution is -2.27. The zero-order valence-corrected chi connectivity index (χ0v) is 16.4. The fourth-order valence-corrected chi connectivity index (χ4v) is 3.30. The van der Waals surface area contributed by atoms with E-state index >= 15 is 0 Å². The Morgan fingerprint density at radius 3 is 2.31 bits per heavy atom. The van der Waals surface area contributed by atoms with E-state index in [0.717, 1.165) is 16.8 Å². The van der Waals surface area contributed by atoms with Crippen LogP contribution in [-0.2, 0) is 0 Å². The number of hydrogen-bond donors (Lipinski definition) is 1. The first-order valence-corrected chi connectivity index (χ1v) is 9.56. The Morgan fingerprint density at radius 2 is 1.62 bits per heavy atom. The minimum atomic E-state index is -0.149. The van der Waals surface area contributed by atoms with Gasteiger partial charge < -0.3 is 5.32 Å². The topological polar surface area (TPSA) is 59.8 Å². The molecule has 0 radical (unpaired) electrons. The SMILES string of the molecule is Cc1c(C(=O)NC(C)c2ccc(-c3ccccc3)cc2)cnn1-c1ccccn1. The number of aromatic nitrogens is 3. The van der Waals surface area contributed by atoms with Crippen LogP contribution in [0.15, 0.2) is 85.2 Å². The Balaban J connectivity index is 1.48. The predicted molar refractivity (Wildman–Crippen MR) is 114 cm³/mol.